The highest BCUT2D eigenvalue weighted by Gasteiger charge is 2.32. The van der Waals surface area contributed by atoms with Crippen molar-refractivity contribution in [2.24, 2.45) is 5.92 Å². The standard InChI is InChI=1S/C20H19F4N3O2S/c21-15-9-8-13(11-16(15)27-17(28)12-5-2-1-3-6-12)26-18(29)14-7-4-10-25-19(14)30-20(22,23)24/h4,7-12H,1-3,5-6H2,(H,26,29)(H,27,28). The minimum absolute atomic E-state index is 0.0977. The molecule has 0 unspecified atom stereocenters. The quantitative estimate of drug-likeness (QED) is 0.468. The van der Waals surface area contributed by atoms with Crippen molar-refractivity contribution in [3.8, 4) is 0 Å². The zero-order valence-corrected chi connectivity index (χ0v) is 16.6. The molecule has 1 aromatic heterocycles. The lowest BCUT2D eigenvalue weighted by atomic mass is 9.88. The molecule has 5 nitrogen and oxygen atoms in total. The fourth-order valence-corrected chi connectivity index (χ4v) is 3.85. The zero-order chi connectivity index (χ0) is 21.7. The Morgan fingerprint density at radius 2 is 1.80 bits per heavy atom. The molecule has 2 N–H and O–H groups in total. The van der Waals surface area contributed by atoms with Crippen LogP contribution in [0.5, 0.6) is 0 Å². The van der Waals surface area contributed by atoms with Gasteiger partial charge in [0.2, 0.25) is 5.91 Å². The Morgan fingerprint density at radius 1 is 1.07 bits per heavy atom. The number of carbonyl (C=O) groups is 2. The van der Waals surface area contributed by atoms with Gasteiger partial charge >= 0.3 is 5.51 Å². The molecule has 1 aromatic carbocycles. The number of halogens is 4. The lowest BCUT2D eigenvalue weighted by Gasteiger charge is -2.21. The summed E-state index contributed by atoms with van der Waals surface area (Å²) in [5.74, 6) is -1.97. The van der Waals surface area contributed by atoms with Gasteiger partial charge in [0.15, 0.2) is 0 Å². The van der Waals surface area contributed by atoms with Crippen molar-refractivity contribution in [3.63, 3.8) is 0 Å². The van der Waals surface area contributed by atoms with Crippen LogP contribution < -0.4 is 10.6 Å². The molecule has 1 heterocycles. The van der Waals surface area contributed by atoms with E-state index in [9.17, 15) is 27.2 Å². The van der Waals surface area contributed by atoms with E-state index in [4.69, 9.17) is 0 Å². The Bertz CT molecular complexity index is 931. The molecular formula is C20H19F4N3O2S. The van der Waals surface area contributed by atoms with E-state index in [0.717, 1.165) is 44.4 Å². The molecule has 1 saturated carbocycles. The van der Waals surface area contributed by atoms with Crippen LogP contribution in [-0.2, 0) is 4.79 Å². The Labute approximate surface area is 174 Å². The van der Waals surface area contributed by atoms with Crippen molar-refractivity contribution < 1.29 is 27.2 Å². The van der Waals surface area contributed by atoms with Gasteiger partial charge in [-0.3, -0.25) is 9.59 Å². The molecule has 3 rings (SSSR count). The predicted molar refractivity (Wildman–Crippen MR) is 106 cm³/mol. The minimum atomic E-state index is -4.60. The summed E-state index contributed by atoms with van der Waals surface area (Å²) >= 11 is -0.493. The van der Waals surface area contributed by atoms with Crippen molar-refractivity contribution in [2.75, 3.05) is 10.6 Å². The van der Waals surface area contributed by atoms with Crippen molar-refractivity contribution >= 4 is 35.0 Å². The number of rotatable bonds is 5. The summed E-state index contributed by atoms with van der Waals surface area (Å²) in [6, 6.07) is 6.12. The molecule has 0 bridgehead atoms. The number of pyridine rings is 1. The third-order valence-corrected chi connectivity index (χ3v) is 5.44. The van der Waals surface area contributed by atoms with Crippen molar-refractivity contribution in [2.45, 2.75) is 42.6 Å². The van der Waals surface area contributed by atoms with Gasteiger partial charge in [0.05, 0.1) is 11.3 Å². The van der Waals surface area contributed by atoms with Crippen LogP contribution in [0.25, 0.3) is 0 Å². The lowest BCUT2D eigenvalue weighted by Crippen LogP contribution is -2.25. The van der Waals surface area contributed by atoms with Gasteiger partial charge in [0.1, 0.15) is 10.8 Å². The number of nitrogens with zero attached hydrogens (tertiary/aromatic N) is 1. The summed E-state index contributed by atoms with van der Waals surface area (Å²) in [4.78, 5) is 28.5. The van der Waals surface area contributed by atoms with Gasteiger partial charge in [0, 0.05) is 29.6 Å². The molecule has 0 saturated heterocycles. The number of alkyl halides is 3. The van der Waals surface area contributed by atoms with E-state index >= 15 is 0 Å². The van der Waals surface area contributed by atoms with Crippen LogP contribution >= 0.6 is 11.8 Å². The predicted octanol–water partition coefficient (Wildman–Crippen LogP) is 5.60. The summed E-state index contributed by atoms with van der Waals surface area (Å²) in [5, 5.41) is 4.48. The van der Waals surface area contributed by atoms with Gasteiger partial charge in [0.25, 0.3) is 5.91 Å². The van der Waals surface area contributed by atoms with E-state index in [1.165, 1.54) is 24.3 Å². The second-order valence-electron chi connectivity index (χ2n) is 6.88. The summed E-state index contributed by atoms with van der Waals surface area (Å²) in [5.41, 5.74) is -4.83. The van der Waals surface area contributed by atoms with Crippen LogP contribution in [0, 0.1) is 11.7 Å². The highest BCUT2D eigenvalue weighted by Crippen LogP contribution is 2.37. The van der Waals surface area contributed by atoms with Crippen LogP contribution in [-0.4, -0.2) is 22.3 Å². The topological polar surface area (TPSA) is 71.1 Å². The number of hydrogen-bond acceptors (Lipinski definition) is 4. The smallest absolute Gasteiger partial charge is 0.323 e. The second-order valence-corrected chi connectivity index (χ2v) is 7.93. The maximum Gasteiger partial charge on any atom is 0.447 e. The molecule has 30 heavy (non-hydrogen) atoms. The van der Waals surface area contributed by atoms with Gasteiger partial charge < -0.3 is 10.6 Å². The van der Waals surface area contributed by atoms with E-state index in [-0.39, 0.29) is 28.8 Å². The molecule has 1 aliphatic rings. The first-order valence-electron chi connectivity index (χ1n) is 9.35. The molecule has 2 amide bonds. The van der Waals surface area contributed by atoms with Crippen LogP contribution in [0.3, 0.4) is 0 Å². The van der Waals surface area contributed by atoms with E-state index < -0.39 is 34.0 Å². The molecule has 160 valence electrons. The van der Waals surface area contributed by atoms with Crippen molar-refractivity contribution in [3.05, 3.63) is 47.9 Å². The first-order valence-corrected chi connectivity index (χ1v) is 10.2. The third kappa shape index (κ3) is 5.94. The maximum absolute atomic E-state index is 14.1. The summed E-state index contributed by atoms with van der Waals surface area (Å²) < 4.78 is 52.2. The molecule has 1 aliphatic carbocycles. The maximum atomic E-state index is 14.1. The van der Waals surface area contributed by atoms with Gasteiger partial charge in [-0.15, -0.1) is 0 Å². The molecule has 2 aromatic rings. The largest absolute Gasteiger partial charge is 0.447 e. The highest BCUT2D eigenvalue weighted by molar-refractivity contribution is 8.00. The second kappa shape index (κ2) is 9.46. The van der Waals surface area contributed by atoms with Gasteiger partial charge in [-0.1, -0.05) is 19.3 Å². The van der Waals surface area contributed by atoms with Gasteiger partial charge in [-0.25, -0.2) is 9.37 Å². The van der Waals surface area contributed by atoms with Crippen LogP contribution in [0.4, 0.5) is 28.9 Å². The third-order valence-electron chi connectivity index (χ3n) is 4.69. The zero-order valence-electron chi connectivity index (χ0n) is 15.8. The normalized spacial score (nSPS) is 14.9. The lowest BCUT2D eigenvalue weighted by molar-refractivity contribution is -0.120. The van der Waals surface area contributed by atoms with Crippen molar-refractivity contribution in [1.82, 2.24) is 4.98 Å². The molecule has 0 aliphatic heterocycles. The Hall–Kier alpha value is -2.62. The minimum Gasteiger partial charge on any atom is -0.323 e. The van der Waals surface area contributed by atoms with Crippen LogP contribution in [0.1, 0.15) is 42.5 Å². The van der Waals surface area contributed by atoms with Crippen LogP contribution in [0.2, 0.25) is 0 Å². The number of benzene rings is 1. The summed E-state index contributed by atoms with van der Waals surface area (Å²) in [7, 11) is 0. The number of amides is 2. The van der Waals surface area contributed by atoms with Gasteiger partial charge in [-0.2, -0.15) is 13.2 Å². The molecule has 0 radical (unpaired) electrons. The van der Waals surface area contributed by atoms with E-state index in [0.29, 0.717) is 0 Å². The number of aromatic nitrogens is 1. The average Bonchev–Trinajstić information content (AvgIpc) is 2.70. The highest BCUT2D eigenvalue weighted by atomic mass is 32.2. The molecule has 0 spiro atoms. The van der Waals surface area contributed by atoms with E-state index in [2.05, 4.69) is 15.6 Å². The number of thioether (sulfide) groups is 1. The van der Waals surface area contributed by atoms with Crippen molar-refractivity contribution in [1.29, 1.82) is 0 Å². The van der Waals surface area contributed by atoms with E-state index in [1.807, 2.05) is 0 Å². The van der Waals surface area contributed by atoms with Crippen LogP contribution in [0.15, 0.2) is 41.6 Å². The number of hydrogen-bond donors (Lipinski definition) is 2. The molecule has 10 heteroatoms. The summed E-state index contributed by atoms with van der Waals surface area (Å²) in [6.45, 7) is 0. The molecular weight excluding hydrogens is 422 g/mol. The number of anilines is 2. The number of carbonyl (C=O) groups excluding carboxylic acids is 2. The van der Waals surface area contributed by atoms with E-state index in [1.54, 1.807) is 0 Å². The monoisotopic (exact) mass is 441 g/mol. The fraction of sp³-hybridized carbons (Fsp3) is 0.350. The first kappa shape index (κ1) is 22.1. The first-order chi connectivity index (χ1) is 14.2. The Morgan fingerprint density at radius 3 is 2.50 bits per heavy atom. The Balaban J connectivity index is 1.74. The molecule has 0 atom stereocenters. The summed E-state index contributed by atoms with van der Waals surface area (Å²) in [6.07, 6.45) is 5.60. The fourth-order valence-electron chi connectivity index (χ4n) is 3.25. The Kier molecular flexibility index (Phi) is 6.96. The average molecular weight is 441 g/mol. The van der Waals surface area contributed by atoms with Gasteiger partial charge in [-0.05, 0) is 43.2 Å². The number of nitrogens with one attached hydrogen (secondary N) is 2. The SMILES string of the molecule is O=C(Nc1ccc(F)c(NC(=O)C2CCCCC2)c1)c1cccnc1SC(F)(F)F. The molecule has 1 fully saturated rings.